The smallest absolute Gasteiger partial charge is 0.0689 e. The molecule has 0 N–H and O–H groups in total. The quantitative estimate of drug-likeness (QED) is 0.657. The summed E-state index contributed by atoms with van der Waals surface area (Å²) in [7, 11) is 0. The summed E-state index contributed by atoms with van der Waals surface area (Å²) in [5.41, 5.74) is 3.55. The van der Waals surface area contributed by atoms with Crippen LogP contribution in [-0.2, 0) is 6.54 Å². The van der Waals surface area contributed by atoms with Crippen molar-refractivity contribution in [2.45, 2.75) is 13.5 Å². The summed E-state index contributed by atoms with van der Waals surface area (Å²) in [4.78, 5) is 0. The Kier molecular flexibility index (Phi) is 3.33. The molecule has 1 aromatic heterocycles. The van der Waals surface area contributed by atoms with Crippen LogP contribution in [0.5, 0.6) is 0 Å². The zero-order valence-corrected chi connectivity index (χ0v) is 12.7. The molecule has 2 nitrogen and oxygen atoms in total. The molecular weight excluding hydrogens is 324 g/mol. The molecule has 3 aromatic rings. The molecule has 3 rings (SSSR count). The van der Waals surface area contributed by atoms with Crippen LogP contribution in [-0.4, -0.2) is 9.78 Å². The Morgan fingerprint density at radius 3 is 2.68 bits per heavy atom. The van der Waals surface area contributed by atoms with Crippen molar-refractivity contribution >= 4 is 38.4 Å². The van der Waals surface area contributed by atoms with Gasteiger partial charge in [0.25, 0.3) is 0 Å². The van der Waals surface area contributed by atoms with Crippen molar-refractivity contribution in [3.8, 4) is 0 Å². The van der Waals surface area contributed by atoms with Gasteiger partial charge in [-0.25, -0.2) is 0 Å². The Morgan fingerprint density at radius 1 is 1.21 bits per heavy atom. The van der Waals surface area contributed by atoms with E-state index in [1.54, 1.807) is 0 Å². The van der Waals surface area contributed by atoms with Crippen LogP contribution in [0.25, 0.3) is 10.9 Å². The van der Waals surface area contributed by atoms with Crippen molar-refractivity contribution < 1.29 is 0 Å². The highest BCUT2D eigenvalue weighted by Crippen LogP contribution is 2.24. The molecule has 0 atom stereocenters. The molecular formula is C15H12BrClN2. The first-order chi connectivity index (χ1) is 9.13. The second-order valence-electron chi connectivity index (χ2n) is 4.59. The lowest BCUT2D eigenvalue weighted by Crippen LogP contribution is -2.01. The molecule has 2 aromatic carbocycles. The third-order valence-corrected chi connectivity index (χ3v) is 4.27. The minimum absolute atomic E-state index is 0.752. The van der Waals surface area contributed by atoms with Crippen molar-refractivity contribution in [3.05, 3.63) is 63.2 Å². The number of aromatic nitrogens is 2. The Bertz CT molecular complexity index is 732. The summed E-state index contributed by atoms with van der Waals surface area (Å²) >= 11 is 9.45. The maximum Gasteiger partial charge on any atom is 0.0689 e. The first-order valence-corrected chi connectivity index (χ1v) is 7.17. The fourth-order valence-electron chi connectivity index (χ4n) is 2.09. The van der Waals surface area contributed by atoms with Gasteiger partial charge in [0.05, 0.1) is 18.3 Å². The maximum absolute atomic E-state index is 5.90. The van der Waals surface area contributed by atoms with Crippen LogP contribution in [0.15, 0.2) is 47.1 Å². The number of benzene rings is 2. The van der Waals surface area contributed by atoms with Gasteiger partial charge in [-0.3, -0.25) is 4.68 Å². The first kappa shape index (κ1) is 12.7. The average molecular weight is 336 g/mol. The van der Waals surface area contributed by atoms with Gasteiger partial charge in [-0.15, -0.1) is 0 Å². The minimum Gasteiger partial charge on any atom is -0.260 e. The van der Waals surface area contributed by atoms with Crippen molar-refractivity contribution in [2.24, 2.45) is 0 Å². The highest BCUT2D eigenvalue weighted by atomic mass is 79.9. The molecule has 0 unspecified atom stereocenters. The summed E-state index contributed by atoms with van der Waals surface area (Å²) in [6, 6.07) is 12.1. The monoisotopic (exact) mass is 334 g/mol. The molecule has 0 bridgehead atoms. The molecule has 96 valence electrons. The third kappa shape index (κ3) is 2.53. The van der Waals surface area contributed by atoms with Gasteiger partial charge in [0.1, 0.15) is 0 Å². The lowest BCUT2D eigenvalue weighted by Gasteiger charge is -2.05. The van der Waals surface area contributed by atoms with Gasteiger partial charge in [-0.05, 0) is 42.3 Å². The molecule has 0 radical (unpaired) electrons. The van der Waals surface area contributed by atoms with Gasteiger partial charge in [0, 0.05) is 14.9 Å². The van der Waals surface area contributed by atoms with E-state index in [2.05, 4.69) is 40.1 Å². The van der Waals surface area contributed by atoms with Gasteiger partial charge in [0.2, 0.25) is 0 Å². The van der Waals surface area contributed by atoms with E-state index in [9.17, 15) is 0 Å². The standard InChI is InChI=1S/C15H12BrClN2/c1-10-6-15-12(7-14(10)16)8-18-19(15)9-11-2-4-13(17)5-3-11/h2-8H,9H2,1H3. The minimum atomic E-state index is 0.752. The molecule has 0 spiro atoms. The highest BCUT2D eigenvalue weighted by molar-refractivity contribution is 9.10. The molecule has 1 heterocycles. The number of hydrogen-bond acceptors (Lipinski definition) is 1. The van der Waals surface area contributed by atoms with E-state index in [1.165, 1.54) is 11.1 Å². The molecule has 19 heavy (non-hydrogen) atoms. The van der Waals surface area contributed by atoms with Gasteiger partial charge >= 0.3 is 0 Å². The molecule has 0 fully saturated rings. The zero-order valence-electron chi connectivity index (χ0n) is 10.4. The number of aryl methyl sites for hydroxylation is 1. The number of fused-ring (bicyclic) bond motifs is 1. The fourth-order valence-corrected chi connectivity index (χ4v) is 2.58. The first-order valence-electron chi connectivity index (χ1n) is 5.99. The lowest BCUT2D eigenvalue weighted by molar-refractivity contribution is 0.712. The molecule has 0 amide bonds. The lowest BCUT2D eigenvalue weighted by atomic mass is 10.2. The predicted octanol–water partition coefficient (Wildman–Crippen LogP) is 4.81. The summed E-state index contributed by atoms with van der Waals surface area (Å²) in [5.74, 6) is 0. The van der Waals surface area contributed by atoms with Crippen LogP contribution in [0.2, 0.25) is 5.02 Å². The van der Waals surface area contributed by atoms with Crippen molar-refractivity contribution in [3.63, 3.8) is 0 Å². The maximum atomic E-state index is 5.90. The van der Waals surface area contributed by atoms with Gasteiger partial charge in [-0.1, -0.05) is 39.7 Å². The molecule has 0 saturated carbocycles. The van der Waals surface area contributed by atoms with E-state index in [0.29, 0.717) is 0 Å². The number of halogens is 2. The van der Waals surface area contributed by atoms with E-state index in [-0.39, 0.29) is 0 Å². The Labute approximate surface area is 125 Å². The van der Waals surface area contributed by atoms with Gasteiger partial charge in [0.15, 0.2) is 0 Å². The number of rotatable bonds is 2. The third-order valence-electron chi connectivity index (χ3n) is 3.17. The van der Waals surface area contributed by atoms with Gasteiger partial charge in [-0.2, -0.15) is 5.10 Å². The van der Waals surface area contributed by atoms with Crippen LogP contribution in [0.3, 0.4) is 0 Å². The zero-order chi connectivity index (χ0) is 13.4. The molecule has 0 aliphatic rings. The molecule has 0 aliphatic heterocycles. The number of nitrogens with zero attached hydrogens (tertiary/aromatic N) is 2. The predicted molar refractivity (Wildman–Crippen MR) is 82.7 cm³/mol. The van der Waals surface area contributed by atoms with Crippen LogP contribution < -0.4 is 0 Å². The van der Waals surface area contributed by atoms with E-state index >= 15 is 0 Å². The van der Waals surface area contributed by atoms with Crippen molar-refractivity contribution in [1.29, 1.82) is 0 Å². The largest absolute Gasteiger partial charge is 0.260 e. The normalized spacial score (nSPS) is 11.1. The SMILES string of the molecule is Cc1cc2c(cnn2Cc2ccc(Cl)cc2)cc1Br. The van der Waals surface area contributed by atoms with E-state index < -0.39 is 0 Å². The topological polar surface area (TPSA) is 17.8 Å². The fraction of sp³-hybridized carbons (Fsp3) is 0.133. The second-order valence-corrected chi connectivity index (χ2v) is 5.88. The summed E-state index contributed by atoms with van der Waals surface area (Å²) in [6.07, 6.45) is 1.90. The molecule has 0 aliphatic carbocycles. The molecule has 4 heteroatoms. The molecule has 0 saturated heterocycles. The summed E-state index contributed by atoms with van der Waals surface area (Å²) in [6.45, 7) is 2.84. The van der Waals surface area contributed by atoms with Crippen LogP contribution in [0.1, 0.15) is 11.1 Å². The van der Waals surface area contributed by atoms with Crippen molar-refractivity contribution in [2.75, 3.05) is 0 Å². The van der Waals surface area contributed by atoms with E-state index in [4.69, 9.17) is 11.6 Å². The van der Waals surface area contributed by atoms with E-state index in [1.807, 2.05) is 35.1 Å². The van der Waals surface area contributed by atoms with Gasteiger partial charge < -0.3 is 0 Å². The Morgan fingerprint density at radius 2 is 1.95 bits per heavy atom. The number of hydrogen-bond donors (Lipinski definition) is 0. The summed E-state index contributed by atoms with van der Waals surface area (Å²) < 4.78 is 3.13. The average Bonchev–Trinajstić information content (AvgIpc) is 2.76. The Hall–Kier alpha value is -1.32. The van der Waals surface area contributed by atoms with Crippen molar-refractivity contribution in [1.82, 2.24) is 9.78 Å². The Balaban J connectivity index is 2.01. The second kappa shape index (κ2) is 4.99. The van der Waals surface area contributed by atoms with Crippen LogP contribution >= 0.6 is 27.5 Å². The van der Waals surface area contributed by atoms with Crippen LogP contribution in [0, 0.1) is 6.92 Å². The summed E-state index contributed by atoms with van der Waals surface area (Å²) in [5, 5.41) is 6.36. The van der Waals surface area contributed by atoms with Crippen LogP contribution in [0.4, 0.5) is 0 Å². The van der Waals surface area contributed by atoms with E-state index in [0.717, 1.165) is 26.9 Å². The highest BCUT2D eigenvalue weighted by Gasteiger charge is 2.06.